The number of hydrogen-bond acceptors (Lipinski definition) is 4. The van der Waals surface area contributed by atoms with Crippen molar-refractivity contribution in [1.29, 1.82) is 0 Å². The van der Waals surface area contributed by atoms with Gasteiger partial charge in [-0.25, -0.2) is 14.2 Å². The van der Waals surface area contributed by atoms with Crippen LogP contribution in [0.25, 0.3) is 11.0 Å². The summed E-state index contributed by atoms with van der Waals surface area (Å²) in [6.45, 7) is 1.07. The summed E-state index contributed by atoms with van der Waals surface area (Å²) >= 11 is 0. The Labute approximate surface area is 190 Å². The van der Waals surface area contributed by atoms with Crippen molar-refractivity contribution in [2.45, 2.75) is 18.7 Å². The second-order valence-corrected chi connectivity index (χ2v) is 7.84. The Kier molecular flexibility index (Phi) is 5.80. The minimum absolute atomic E-state index is 0.282. The van der Waals surface area contributed by atoms with Gasteiger partial charge in [0.05, 0.1) is 29.9 Å². The highest BCUT2D eigenvalue weighted by molar-refractivity contribution is 5.76. The predicted octanol–water partition coefficient (Wildman–Crippen LogP) is 4.06. The molecule has 2 amide bonds. The normalized spacial score (nSPS) is 15.7. The van der Waals surface area contributed by atoms with Crippen molar-refractivity contribution in [3.05, 3.63) is 90.5 Å². The number of aromatic nitrogens is 2. The van der Waals surface area contributed by atoms with Gasteiger partial charge in [0.15, 0.2) is 17.6 Å². The molecule has 33 heavy (non-hydrogen) atoms. The minimum atomic E-state index is -0.396. The van der Waals surface area contributed by atoms with E-state index in [2.05, 4.69) is 15.6 Å². The minimum Gasteiger partial charge on any atom is -0.486 e. The first-order valence-corrected chi connectivity index (χ1v) is 10.7. The van der Waals surface area contributed by atoms with E-state index in [1.165, 1.54) is 12.1 Å². The number of para-hydroxylation sites is 4. The number of fused-ring (bicyclic) bond motifs is 2. The third-order valence-corrected chi connectivity index (χ3v) is 5.54. The molecule has 7 nitrogen and oxygen atoms in total. The molecule has 5 rings (SSSR count). The van der Waals surface area contributed by atoms with E-state index in [1.54, 1.807) is 18.5 Å². The number of urea groups is 1. The van der Waals surface area contributed by atoms with Crippen molar-refractivity contribution in [2.24, 2.45) is 0 Å². The number of halogens is 1. The maximum absolute atomic E-state index is 13.5. The van der Waals surface area contributed by atoms with Crippen LogP contribution in [0, 0.1) is 5.82 Å². The van der Waals surface area contributed by atoms with Gasteiger partial charge in [0.2, 0.25) is 0 Å². The highest BCUT2D eigenvalue weighted by atomic mass is 19.1. The van der Waals surface area contributed by atoms with Gasteiger partial charge in [0.25, 0.3) is 0 Å². The van der Waals surface area contributed by atoms with Crippen molar-refractivity contribution < 1.29 is 18.7 Å². The maximum Gasteiger partial charge on any atom is 0.315 e. The number of nitrogens with one attached hydrogen (secondary N) is 2. The number of amides is 2. The van der Waals surface area contributed by atoms with Gasteiger partial charge in [-0.3, -0.25) is 0 Å². The monoisotopic (exact) mass is 446 g/mol. The second-order valence-electron chi connectivity index (χ2n) is 7.84. The highest BCUT2D eigenvalue weighted by Crippen LogP contribution is 2.30. The molecular formula is C25H23FN4O3. The van der Waals surface area contributed by atoms with Crippen LogP contribution in [0.3, 0.4) is 0 Å². The van der Waals surface area contributed by atoms with Crippen LogP contribution >= 0.6 is 0 Å². The summed E-state index contributed by atoms with van der Waals surface area (Å²) in [7, 11) is 0. The molecule has 4 aromatic rings. The van der Waals surface area contributed by atoms with E-state index in [9.17, 15) is 9.18 Å². The van der Waals surface area contributed by atoms with Gasteiger partial charge >= 0.3 is 6.03 Å². The van der Waals surface area contributed by atoms with Gasteiger partial charge in [-0.15, -0.1) is 0 Å². The summed E-state index contributed by atoms with van der Waals surface area (Å²) in [5, 5.41) is 5.85. The molecule has 1 aliphatic heterocycles. The molecule has 0 saturated carbocycles. The van der Waals surface area contributed by atoms with Gasteiger partial charge in [-0.1, -0.05) is 36.4 Å². The maximum atomic E-state index is 13.5. The van der Waals surface area contributed by atoms with Crippen LogP contribution in [0.5, 0.6) is 11.5 Å². The van der Waals surface area contributed by atoms with E-state index in [4.69, 9.17) is 9.47 Å². The van der Waals surface area contributed by atoms with Crippen LogP contribution in [0.2, 0.25) is 0 Å². The predicted molar refractivity (Wildman–Crippen MR) is 122 cm³/mol. The largest absolute Gasteiger partial charge is 0.486 e. The first-order chi connectivity index (χ1) is 16.2. The lowest BCUT2D eigenvalue weighted by Gasteiger charge is -2.27. The molecule has 0 fully saturated rings. The number of imidazole rings is 1. The second kappa shape index (κ2) is 9.20. The number of ether oxygens (including phenoxy) is 2. The Morgan fingerprint density at radius 2 is 1.82 bits per heavy atom. The molecule has 2 N–H and O–H groups in total. The Morgan fingerprint density at radius 3 is 2.67 bits per heavy atom. The highest BCUT2D eigenvalue weighted by Gasteiger charge is 2.22. The van der Waals surface area contributed by atoms with E-state index in [0.29, 0.717) is 24.7 Å². The standard InChI is InChI=1S/C25H23FN4O3/c26-18-11-9-17(10-12-18)21(14-30-16-28-20-5-1-2-6-22(20)30)29-25(31)27-13-19-15-32-23-7-3-4-8-24(23)33-19/h1-12,16,19,21H,13-15H2,(H2,27,29,31)/t19-,21-/m1/s1. The smallest absolute Gasteiger partial charge is 0.315 e. The third-order valence-electron chi connectivity index (χ3n) is 5.54. The van der Waals surface area contributed by atoms with Gasteiger partial charge < -0.3 is 24.7 Å². The Hall–Kier alpha value is -4.07. The van der Waals surface area contributed by atoms with Gasteiger partial charge in [-0.05, 0) is 42.0 Å². The Morgan fingerprint density at radius 1 is 1.06 bits per heavy atom. The SMILES string of the molecule is O=C(NC[C@@H]1COc2ccccc2O1)N[C@H](Cn1cnc2ccccc21)c1ccc(F)cc1. The first-order valence-electron chi connectivity index (χ1n) is 10.7. The van der Waals surface area contributed by atoms with E-state index >= 15 is 0 Å². The number of nitrogens with zero attached hydrogens (tertiary/aromatic N) is 2. The summed E-state index contributed by atoms with van der Waals surface area (Å²) < 4.78 is 27.1. The average Bonchev–Trinajstić information content (AvgIpc) is 3.25. The number of hydrogen-bond donors (Lipinski definition) is 2. The third kappa shape index (κ3) is 4.74. The van der Waals surface area contributed by atoms with Crippen LogP contribution in [0.1, 0.15) is 11.6 Å². The summed E-state index contributed by atoms with van der Waals surface area (Å²) in [4.78, 5) is 17.2. The van der Waals surface area contributed by atoms with Crippen LogP contribution in [-0.4, -0.2) is 34.8 Å². The number of carbonyl (C=O) groups excluding carboxylic acids is 1. The van der Waals surface area contributed by atoms with Gasteiger partial charge in [0, 0.05) is 6.54 Å². The fourth-order valence-electron chi connectivity index (χ4n) is 3.86. The average molecular weight is 446 g/mol. The molecule has 0 spiro atoms. The molecule has 1 aromatic heterocycles. The van der Waals surface area contributed by atoms with Crippen LogP contribution in [0.15, 0.2) is 79.1 Å². The molecule has 0 unspecified atom stereocenters. The van der Waals surface area contributed by atoms with E-state index < -0.39 is 6.04 Å². The number of carbonyl (C=O) groups is 1. The van der Waals surface area contributed by atoms with Crippen molar-refractivity contribution in [1.82, 2.24) is 20.2 Å². The first kappa shape index (κ1) is 20.8. The molecule has 0 saturated heterocycles. The molecule has 0 aliphatic carbocycles. The molecule has 2 atom stereocenters. The lowest BCUT2D eigenvalue weighted by molar-refractivity contribution is 0.0917. The zero-order chi connectivity index (χ0) is 22.6. The van der Waals surface area contributed by atoms with Crippen molar-refractivity contribution in [3.8, 4) is 11.5 Å². The van der Waals surface area contributed by atoms with Crippen LogP contribution in [0.4, 0.5) is 9.18 Å². The lowest BCUT2D eigenvalue weighted by Crippen LogP contribution is -2.45. The molecule has 0 radical (unpaired) electrons. The lowest BCUT2D eigenvalue weighted by atomic mass is 10.1. The molecule has 1 aliphatic rings. The Bertz CT molecular complexity index is 1260. The van der Waals surface area contributed by atoms with E-state index in [0.717, 1.165) is 16.6 Å². The quantitative estimate of drug-likeness (QED) is 0.468. The topological polar surface area (TPSA) is 77.4 Å². The van der Waals surface area contributed by atoms with Gasteiger partial charge in [0.1, 0.15) is 12.4 Å². The van der Waals surface area contributed by atoms with E-state index in [-0.39, 0.29) is 24.5 Å². The fourth-order valence-corrected chi connectivity index (χ4v) is 3.86. The summed E-state index contributed by atoms with van der Waals surface area (Å²) in [6.07, 6.45) is 1.44. The van der Waals surface area contributed by atoms with Crippen molar-refractivity contribution >= 4 is 17.1 Å². The molecule has 3 aromatic carbocycles. The molecule has 168 valence electrons. The van der Waals surface area contributed by atoms with Crippen LogP contribution in [-0.2, 0) is 6.54 Å². The number of benzene rings is 3. The zero-order valence-electron chi connectivity index (χ0n) is 17.8. The summed E-state index contributed by atoms with van der Waals surface area (Å²) in [6, 6.07) is 20.6. The summed E-state index contributed by atoms with van der Waals surface area (Å²) in [5.41, 5.74) is 2.61. The molecule has 2 heterocycles. The number of rotatable bonds is 6. The molecular weight excluding hydrogens is 423 g/mol. The Balaban J connectivity index is 1.26. The summed E-state index contributed by atoms with van der Waals surface area (Å²) in [5.74, 6) is 1.03. The van der Waals surface area contributed by atoms with Gasteiger partial charge in [-0.2, -0.15) is 0 Å². The van der Waals surface area contributed by atoms with Crippen molar-refractivity contribution in [3.63, 3.8) is 0 Å². The van der Waals surface area contributed by atoms with Crippen molar-refractivity contribution in [2.75, 3.05) is 13.2 Å². The van der Waals surface area contributed by atoms with E-state index in [1.807, 2.05) is 53.1 Å². The molecule has 8 heteroatoms. The molecule has 0 bridgehead atoms. The van der Waals surface area contributed by atoms with Crippen LogP contribution < -0.4 is 20.1 Å². The zero-order valence-corrected chi connectivity index (χ0v) is 17.8. The fraction of sp³-hybridized carbons (Fsp3) is 0.200.